The van der Waals surface area contributed by atoms with Gasteiger partial charge in [-0.1, -0.05) is 13.3 Å². The summed E-state index contributed by atoms with van der Waals surface area (Å²) in [6.07, 6.45) is 2.03. The molecule has 0 aliphatic heterocycles. The van der Waals surface area contributed by atoms with Crippen LogP contribution in [0.1, 0.15) is 32.3 Å². The second-order valence-electron chi connectivity index (χ2n) is 4.56. The van der Waals surface area contributed by atoms with Gasteiger partial charge in [0, 0.05) is 11.7 Å². The number of rotatable bonds is 6. The average molecular weight is 250 g/mol. The molecular weight excluding hydrogens is 228 g/mol. The van der Waals surface area contributed by atoms with Crippen molar-refractivity contribution in [3.05, 3.63) is 23.8 Å². The summed E-state index contributed by atoms with van der Waals surface area (Å²) >= 11 is 0. The topological polar surface area (TPSA) is 64.3 Å². The fourth-order valence-corrected chi connectivity index (χ4v) is 1.71. The Labute approximate surface area is 109 Å². The maximum atomic E-state index is 11.6. The lowest BCUT2D eigenvalue weighted by Gasteiger charge is -2.13. The molecule has 0 aliphatic carbocycles. The van der Waals surface area contributed by atoms with Crippen molar-refractivity contribution >= 4 is 11.6 Å². The van der Waals surface area contributed by atoms with Crippen molar-refractivity contribution in [2.45, 2.75) is 39.7 Å². The minimum atomic E-state index is -0.0922. The first-order valence-electron chi connectivity index (χ1n) is 6.31. The van der Waals surface area contributed by atoms with Gasteiger partial charge in [-0.15, -0.1) is 0 Å². The standard InChI is InChI=1S/C14H22N2O2/c1-4-5-11(3)16-14(17)9-18-12-6-7-13(15)10(2)8-12/h6-8,11H,4-5,9,15H2,1-3H3,(H,16,17). The fourth-order valence-electron chi connectivity index (χ4n) is 1.71. The van der Waals surface area contributed by atoms with E-state index in [-0.39, 0.29) is 18.6 Å². The van der Waals surface area contributed by atoms with Crippen LogP contribution in [-0.2, 0) is 4.79 Å². The number of nitrogens with two attached hydrogens (primary N) is 1. The zero-order valence-corrected chi connectivity index (χ0v) is 11.3. The number of carbonyl (C=O) groups excluding carboxylic acids is 1. The molecule has 4 heteroatoms. The Balaban J connectivity index is 2.40. The SMILES string of the molecule is CCCC(C)NC(=O)COc1ccc(N)c(C)c1. The van der Waals surface area contributed by atoms with E-state index in [1.807, 2.05) is 19.9 Å². The molecule has 0 aromatic heterocycles. The summed E-state index contributed by atoms with van der Waals surface area (Å²) in [7, 11) is 0. The van der Waals surface area contributed by atoms with Crippen LogP contribution in [0.15, 0.2) is 18.2 Å². The lowest BCUT2D eigenvalue weighted by atomic mass is 10.2. The van der Waals surface area contributed by atoms with Crippen LogP contribution < -0.4 is 15.8 Å². The van der Waals surface area contributed by atoms with Crippen molar-refractivity contribution < 1.29 is 9.53 Å². The summed E-state index contributed by atoms with van der Waals surface area (Å²) in [4.78, 5) is 11.6. The monoisotopic (exact) mass is 250 g/mol. The lowest BCUT2D eigenvalue weighted by Crippen LogP contribution is -2.35. The van der Waals surface area contributed by atoms with Crippen LogP contribution in [0.3, 0.4) is 0 Å². The van der Waals surface area contributed by atoms with Crippen LogP contribution in [0.4, 0.5) is 5.69 Å². The van der Waals surface area contributed by atoms with Gasteiger partial charge in [-0.05, 0) is 44.0 Å². The summed E-state index contributed by atoms with van der Waals surface area (Å²) in [5.41, 5.74) is 7.39. The number of amides is 1. The van der Waals surface area contributed by atoms with Crippen molar-refractivity contribution in [3.63, 3.8) is 0 Å². The molecule has 18 heavy (non-hydrogen) atoms. The Morgan fingerprint density at radius 3 is 2.83 bits per heavy atom. The normalized spacial score (nSPS) is 11.9. The lowest BCUT2D eigenvalue weighted by molar-refractivity contribution is -0.123. The van der Waals surface area contributed by atoms with Crippen molar-refractivity contribution in [3.8, 4) is 5.75 Å². The van der Waals surface area contributed by atoms with Gasteiger partial charge >= 0.3 is 0 Å². The van der Waals surface area contributed by atoms with Gasteiger partial charge in [-0.25, -0.2) is 0 Å². The maximum Gasteiger partial charge on any atom is 0.258 e. The third-order valence-electron chi connectivity index (χ3n) is 2.74. The highest BCUT2D eigenvalue weighted by Crippen LogP contribution is 2.18. The zero-order chi connectivity index (χ0) is 13.5. The predicted molar refractivity (Wildman–Crippen MR) is 73.6 cm³/mol. The summed E-state index contributed by atoms with van der Waals surface area (Å²) in [6.45, 7) is 6.04. The molecule has 100 valence electrons. The molecule has 0 aliphatic rings. The van der Waals surface area contributed by atoms with Crippen LogP contribution >= 0.6 is 0 Å². The van der Waals surface area contributed by atoms with Crippen LogP contribution in [-0.4, -0.2) is 18.6 Å². The third-order valence-corrected chi connectivity index (χ3v) is 2.74. The van der Waals surface area contributed by atoms with Gasteiger partial charge in [0.2, 0.25) is 0 Å². The molecule has 1 aromatic carbocycles. The van der Waals surface area contributed by atoms with Gasteiger partial charge in [0.25, 0.3) is 5.91 Å². The summed E-state index contributed by atoms with van der Waals surface area (Å²) in [6, 6.07) is 5.57. The van der Waals surface area contributed by atoms with E-state index in [1.54, 1.807) is 12.1 Å². The number of nitrogen functional groups attached to an aromatic ring is 1. The molecule has 0 spiro atoms. The van der Waals surface area contributed by atoms with Crippen LogP contribution in [0.25, 0.3) is 0 Å². The Bertz CT molecular complexity index is 405. The predicted octanol–water partition coefficient (Wildman–Crippen LogP) is 2.26. The van der Waals surface area contributed by atoms with E-state index < -0.39 is 0 Å². The molecule has 1 atom stereocenters. The second-order valence-corrected chi connectivity index (χ2v) is 4.56. The van der Waals surface area contributed by atoms with Gasteiger partial charge in [0.05, 0.1) is 0 Å². The van der Waals surface area contributed by atoms with Crippen molar-refractivity contribution in [1.29, 1.82) is 0 Å². The number of benzene rings is 1. The number of anilines is 1. The van der Waals surface area contributed by atoms with Gasteiger partial charge in [-0.3, -0.25) is 4.79 Å². The average Bonchev–Trinajstić information content (AvgIpc) is 2.31. The number of aryl methyl sites for hydroxylation is 1. The van der Waals surface area contributed by atoms with Gasteiger partial charge in [-0.2, -0.15) is 0 Å². The Morgan fingerprint density at radius 2 is 2.22 bits per heavy atom. The second kappa shape index (κ2) is 6.89. The van der Waals surface area contributed by atoms with E-state index in [9.17, 15) is 4.79 Å². The smallest absolute Gasteiger partial charge is 0.258 e. The van der Waals surface area contributed by atoms with Crippen molar-refractivity contribution in [1.82, 2.24) is 5.32 Å². The van der Waals surface area contributed by atoms with Crippen LogP contribution in [0.5, 0.6) is 5.75 Å². The van der Waals surface area contributed by atoms with E-state index in [0.29, 0.717) is 5.75 Å². The van der Waals surface area contributed by atoms with E-state index in [0.717, 1.165) is 24.1 Å². The molecule has 0 bridgehead atoms. The van der Waals surface area contributed by atoms with Crippen LogP contribution in [0.2, 0.25) is 0 Å². The van der Waals surface area contributed by atoms with E-state index in [4.69, 9.17) is 10.5 Å². The van der Waals surface area contributed by atoms with Crippen LogP contribution in [0, 0.1) is 6.92 Å². The van der Waals surface area contributed by atoms with Gasteiger partial charge in [0.15, 0.2) is 6.61 Å². The highest BCUT2D eigenvalue weighted by atomic mass is 16.5. The molecule has 1 amide bonds. The Hall–Kier alpha value is -1.71. The molecular formula is C14H22N2O2. The molecule has 1 aromatic rings. The van der Waals surface area contributed by atoms with Gasteiger partial charge in [0.1, 0.15) is 5.75 Å². The molecule has 0 radical (unpaired) electrons. The van der Waals surface area contributed by atoms with Gasteiger partial charge < -0.3 is 15.8 Å². The maximum absolute atomic E-state index is 11.6. The molecule has 1 unspecified atom stereocenters. The first kappa shape index (κ1) is 14.4. The van der Waals surface area contributed by atoms with E-state index in [2.05, 4.69) is 12.2 Å². The van der Waals surface area contributed by atoms with Crippen molar-refractivity contribution in [2.75, 3.05) is 12.3 Å². The summed E-state index contributed by atoms with van der Waals surface area (Å²) in [5, 5.41) is 2.89. The zero-order valence-electron chi connectivity index (χ0n) is 11.3. The van der Waals surface area contributed by atoms with E-state index >= 15 is 0 Å². The fraction of sp³-hybridized carbons (Fsp3) is 0.500. The quantitative estimate of drug-likeness (QED) is 0.761. The summed E-state index contributed by atoms with van der Waals surface area (Å²) in [5.74, 6) is 0.574. The molecule has 1 rings (SSSR count). The number of nitrogens with one attached hydrogen (secondary N) is 1. The van der Waals surface area contributed by atoms with Crippen molar-refractivity contribution in [2.24, 2.45) is 0 Å². The Kier molecular flexibility index (Phi) is 5.49. The number of carbonyl (C=O) groups is 1. The number of ether oxygens (including phenoxy) is 1. The first-order chi connectivity index (χ1) is 8.52. The highest BCUT2D eigenvalue weighted by Gasteiger charge is 2.07. The highest BCUT2D eigenvalue weighted by molar-refractivity contribution is 5.77. The molecule has 0 heterocycles. The molecule has 0 saturated heterocycles. The minimum Gasteiger partial charge on any atom is -0.484 e. The summed E-state index contributed by atoms with van der Waals surface area (Å²) < 4.78 is 5.42. The largest absolute Gasteiger partial charge is 0.484 e. The molecule has 4 nitrogen and oxygen atoms in total. The molecule has 0 fully saturated rings. The third kappa shape index (κ3) is 4.65. The molecule has 0 saturated carbocycles. The first-order valence-corrected chi connectivity index (χ1v) is 6.31. The number of hydrogen-bond acceptors (Lipinski definition) is 3. The molecule has 3 N–H and O–H groups in total. The Morgan fingerprint density at radius 1 is 1.50 bits per heavy atom. The van der Waals surface area contributed by atoms with E-state index in [1.165, 1.54) is 0 Å². The number of hydrogen-bond donors (Lipinski definition) is 2. The minimum absolute atomic E-state index is 0.0391.